The second-order valence-electron chi connectivity index (χ2n) is 5.84. The smallest absolute Gasteiger partial charge is 0.243 e. The Morgan fingerprint density at radius 1 is 1.04 bits per heavy atom. The van der Waals surface area contributed by atoms with Gasteiger partial charge in [0.2, 0.25) is 11.8 Å². The Labute approximate surface area is 160 Å². The summed E-state index contributed by atoms with van der Waals surface area (Å²) in [4.78, 5) is 25.3. The van der Waals surface area contributed by atoms with Crippen molar-refractivity contribution in [3.8, 4) is 5.75 Å². The Balaban J connectivity index is 2.11. The predicted molar refractivity (Wildman–Crippen MR) is 102 cm³/mol. The molecule has 2 aromatic rings. The van der Waals surface area contributed by atoms with E-state index in [0.29, 0.717) is 25.1 Å². The number of hydrogen-bond acceptors (Lipinski definition) is 4. The van der Waals surface area contributed by atoms with Gasteiger partial charge in [-0.15, -0.1) is 0 Å². The van der Waals surface area contributed by atoms with E-state index >= 15 is 0 Å². The molecule has 0 aliphatic heterocycles. The number of hydrogen-bond donors (Lipinski definition) is 3. The molecule has 0 fully saturated rings. The number of nitrogens with zero attached hydrogens (tertiary/aromatic N) is 1. The zero-order chi connectivity index (χ0) is 18.9. The maximum absolute atomic E-state index is 12.8. The minimum Gasteiger partial charge on any atom is -0.506 e. The summed E-state index contributed by atoms with van der Waals surface area (Å²) in [5.41, 5.74) is 2.95. The second kappa shape index (κ2) is 9.94. The molecule has 0 saturated heterocycles. The number of anilines is 1. The summed E-state index contributed by atoms with van der Waals surface area (Å²) in [5, 5.41) is 18.6. The van der Waals surface area contributed by atoms with E-state index in [2.05, 4.69) is 15.9 Å². The van der Waals surface area contributed by atoms with Crippen LogP contribution >= 0.6 is 15.9 Å². The predicted octanol–water partition coefficient (Wildman–Crippen LogP) is 3.75. The van der Waals surface area contributed by atoms with Crippen LogP contribution in [0.1, 0.15) is 31.2 Å². The summed E-state index contributed by atoms with van der Waals surface area (Å²) in [6.45, 7) is 0.326. The fourth-order valence-corrected chi connectivity index (χ4v) is 3.02. The summed E-state index contributed by atoms with van der Waals surface area (Å²) in [6, 6.07) is 14.3. The number of unbranched alkanes of at least 4 members (excludes halogenated alkanes) is 1. The topological polar surface area (TPSA) is 89.9 Å². The van der Waals surface area contributed by atoms with Gasteiger partial charge in [0.15, 0.2) is 0 Å². The molecule has 0 aliphatic carbocycles. The fraction of sp³-hybridized carbons (Fsp3) is 0.263. The Hall–Kier alpha value is -2.38. The van der Waals surface area contributed by atoms with Crippen LogP contribution in [0.25, 0.3) is 0 Å². The number of rotatable bonds is 8. The van der Waals surface area contributed by atoms with Crippen LogP contribution in [0.3, 0.4) is 0 Å². The zero-order valence-electron chi connectivity index (χ0n) is 14.2. The molecule has 3 N–H and O–H groups in total. The second-order valence-corrected chi connectivity index (χ2v) is 6.76. The Kier molecular flexibility index (Phi) is 7.62. The van der Waals surface area contributed by atoms with Crippen LogP contribution in [0.5, 0.6) is 5.75 Å². The first kappa shape index (κ1) is 19.9. The van der Waals surface area contributed by atoms with E-state index in [4.69, 9.17) is 5.21 Å². The molecule has 0 radical (unpaired) electrons. The molecular weight excluding hydrogens is 400 g/mol. The molecule has 0 saturated carbocycles. The molecular formula is C19H21BrN2O4. The maximum Gasteiger partial charge on any atom is 0.243 e. The average molecular weight is 421 g/mol. The third-order valence-electron chi connectivity index (χ3n) is 3.87. The van der Waals surface area contributed by atoms with Crippen molar-refractivity contribution in [3.05, 3.63) is 58.6 Å². The standard InChI is InChI=1S/C19H21BrN2O4/c20-15-7-5-6-14(12-15)13-22(16-8-1-2-9-17(16)23)19(25)11-4-3-10-18(24)21-26/h1-2,5-9,12,23,26H,3-4,10-11,13H2,(H,21,24). The zero-order valence-corrected chi connectivity index (χ0v) is 15.8. The molecule has 6 nitrogen and oxygen atoms in total. The molecule has 0 atom stereocenters. The number of para-hydroxylation sites is 2. The lowest BCUT2D eigenvalue weighted by atomic mass is 10.1. The van der Waals surface area contributed by atoms with E-state index in [1.54, 1.807) is 34.6 Å². The van der Waals surface area contributed by atoms with Crippen LogP contribution in [-0.2, 0) is 16.1 Å². The van der Waals surface area contributed by atoms with Crippen molar-refractivity contribution in [2.75, 3.05) is 4.90 Å². The average Bonchev–Trinajstić information content (AvgIpc) is 2.63. The number of halogens is 1. The number of aromatic hydroxyl groups is 1. The van der Waals surface area contributed by atoms with Gasteiger partial charge in [0.1, 0.15) is 5.75 Å². The molecule has 2 amide bonds. The molecule has 26 heavy (non-hydrogen) atoms. The van der Waals surface area contributed by atoms with Gasteiger partial charge in [-0.2, -0.15) is 0 Å². The highest BCUT2D eigenvalue weighted by Gasteiger charge is 2.19. The maximum atomic E-state index is 12.8. The van der Waals surface area contributed by atoms with E-state index in [-0.39, 0.29) is 24.5 Å². The summed E-state index contributed by atoms with van der Waals surface area (Å²) in [6.07, 6.45) is 1.39. The van der Waals surface area contributed by atoms with E-state index in [9.17, 15) is 14.7 Å². The number of benzene rings is 2. The highest BCUT2D eigenvalue weighted by molar-refractivity contribution is 9.10. The van der Waals surface area contributed by atoms with Crippen molar-refractivity contribution in [2.24, 2.45) is 0 Å². The Morgan fingerprint density at radius 2 is 1.77 bits per heavy atom. The van der Waals surface area contributed by atoms with Crippen molar-refractivity contribution in [2.45, 2.75) is 32.2 Å². The van der Waals surface area contributed by atoms with Crippen LogP contribution in [-0.4, -0.2) is 22.1 Å². The van der Waals surface area contributed by atoms with Crippen molar-refractivity contribution in [3.63, 3.8) is 0 Å². The molecule has 138 valence electrons. The van der Waals surface area contributed by atoms with E-state index in [1.165, 1.54) is 0 Å². The van der Waals surface area contributed by atoms with Gasteiger partial charge in [-0.3, -0.25) is 14.8 Å². The number of phenols is 1. The van der Waals surface area contributed by atoms with E-state index in [1.807, 2.05) is 24.3 Å². The van der Waals surface area contributed by atoms with Gasteiger partial charge >= 0.3 is 0 Å². The molecule has 0 spiro atoms. The number of carbonyl (C=O) groups is 2. The van der Waals surface area contributed by atoms with Crippen molar-refractivity contribution in [1.29, 1.82) is 0 Å². The highest BCUT2D eigenvalue weighted by Crippen LogP contribution is 2.29. The Bertz CT molecular complexity index is 767. The van der Waals surface area contributed by atoms with E-state index in [0.717, 1.165) is 10.0 Å². The molecule has 0 heterocycles. The molecule has 0 aromatic heterocycles. The van der Waals surface area contributed by atoms with Crippen LogP contribution in [0.15, 0.2) is 53.0 Å². The third-order valence-corrected chi connectivity index (χ3v) is 4.37. The van der Waals surface area contributed by atoms with Gasteiger partial charge in [-0.1, -0.05) is 40.2 Å². The minimum absolute atomic E-state index is 0.0375. The minimum atomic E-state index is -0.468. The van der Waals surface area contributed by atoms with Crippen LogP contribution in [0, 0.1) is 0 Å². The first-order valence-corrected chi connectivity index (χ1v) is 9.06. The number of hydroxylamine groups is 1. The number of nitrogens with one attached hydrogen (secondary N) is 1. The lowest BCUT2D eigenvalue weighted by Crippen LogP contribution is -2.30. The Morgan fingerprint density at radius 3 is 2.46 bits per heavy atom. The van der Waals surface area contributed by atoms with Crippen molar-refractivity contribution < 1.29 is 19.9 Å². The molecule has 7 heteroatoms. The van der Waals surface area contributed by atoms with Crippen molar-refractivity contribution >= 4 is 33.4 Å². The number of phenolic OH excluding ortho intramolecular Hbond substituents is 1. The molecule has 0 unspecified atom stereocenters. The summed E-state index contributed by atoms with van der Waals surface area (Å²) in [7, 11) is 0. The summed E-state index contributed by atoms with van der Waals surface area (Å²) >= 11 is 3.42. The van der Waals surface area contributed by atoms with E-state index < -0.39 is 5.91 Å². The van der Waals surface area contributed by atoms with Gasteiger partial charge in [-0.05, 0) is 42.7 Å². The molecule has 2 aromatic carbocycles. The molecule has 0 aliphatic rings. The van der Waals surface area contributed by atoms with Crippen LogP contribution in [0.2, 0.25) is 0 Å². The van der Waals surface area contributed by atoms with Gasteiger partial charge < -0.3 is 10.0 Å². The SMILES string of the molecule is O=C(CCCCC(=O)N(Cc1cccc(Br)c1)c1ccccc1O)NO. The van der Waals surface area contributed by atoms with Gasteiger partial charge in [0.05, 0.1) is 12.2 Å². The quantitative estimate of drug-likeness (QED) is 0.344. The molecule has 2 rings (SSSR count). The lowest BCUT2D eigenvalue weighted by molar-refractivity contribution is -0.129. The summed E-state index contributed by atoms with van der Waals surface area (Å²) in [5.74, 6) is -0.574. The lowest BCUT2D eigenvalue weighted by Gasteiger charge is -2.24. The monoisotopic (exact) mass is 420 g/mol. The first-order chi connectivity index (χ1) is 12.5. The van der Waals surface area contributed by atoms with Gasteiger partial charge in [0.25, 0.3) is 0 Å². The van der Waals surface area contributed by atoms with Crippen LogP contribution in [0.4, 0.5) is 5.69 Å². The van der Waals surface area contributed by atoms with Gasteiger partial charge in [-0.25, -0.2) is 5.48 Å². The normalized spacial score (nSPS) is 10.4. The highest BCUT2D eigenvalue weighted by atomic mass is 79.9. The van der Waals surface area contributed by atoms with Crippen molar-refractivity contribution in [1.82, 2.24) is 5.48 Å². The first-order valence-electron chi connectivity index (χ1n) is 8.27. The number of carbonyl (C=O) groups excluding carboxylic acids is 2. The van der Waals surface area contributed by atoms with Crippen LogP contribution < -0.4 is 10.4 Å². The molecule has 0 bridgehead atoms. The number of amides is 2. The third kappa shape index (κ3) is 5.86. The largest absolute Gasteiger partial charge is 0.506 e. The van der Waals surface area contributed by atoms with Gasteiger partial charge in [0, 0.05) is 17.3 Å². The fourth-order valence-electron chi connectivity index (χ4n) is 2.57. The summed E-state index contributed by atoms with van der Waals surface area (Å²) < 4.78 is 0.912.